The Morgan fingerprint density at radius 3 is 2.41 bits per heavy atom. The fourth-order valence-electron chi connectivity index (χ4n) is 4.28. The number of hydrogen-bond donors (Lipinski definition) is 1. The Balaban J connectivity index is 1.67. The van der Waals surface area contributed by atoms with Crippen LogP contribution in [0.5, 0.6) is 0 Å². The highest BCUT2D eigenvalue weighted by Gasteiger charge is 2.42. The van der Waals surface area contributed by atoms with Crippen molar-refractivity contribution in [3.05, 3.63) is 112 Å². The minimum atomic E-state index is -0.0746. The fraction of sp³-hybridized carbons (Fsp3) is 0.154. The Morgan fingerprint density at radius 1 is 0.906 bits per heavy atom. The molecule has 160 valence electrons. The number of aromatic nitrogens is 2. The Bertz CT molecular complexity index is 1270. The molecule has 4 aromatic rings. The molecular weight excluding hydrogens is 480 g/mol. The zero-order valence-corrected chi connectivity index (χ0v) is 20.3. The lowest BCUT2D eigenvalue weighted by atomic mass is 10.00. The van der Waals surface area contributed by atoms with Gasteiger partial charge in [0, 0.05) is 33.9 Å². The van der Waals surface area contributed by atoms with Gasteiger partial charge in [0.05, 0.1) is 11.7 Å². The smallest absolute Gasteiger partial charge is 0.174 e. The molecule has 1 N–H and O–H groups in total. The summed E-state index contributed by atoms with van der Waals surface area (Å²) in [6.07, 6.45) is 3.94. The summed E-state index contributed by atoms with van der Waals surface area (Å²) in [5.41, 5.74) is 6.81. The Morgan fingerprint density at radius 2 is 1.69 bits per heavy atom. The largest absolute Gasteiger partial charge is 0.351 e. The van der Waals surface area contributed by atoms with Crippen molar-refractivity contribution in [1.29, 1.82) is 0 Å². The van der Waals surface area contributed by atoms with Crippen LogP contribution in [0, 0.1) is 13.8 Å². The lowest BCUT2D eigenvalue weighted by molar-refractivity contribution is 0.549. The molecule has 0 saturated carbocycles. The number of aryl methyl sites for hydroxylation is 2. The predicted molar refractivity (Wildman–Crippen MR) is 137 cm³/mol. The molecule has 5 rings (SSSR count). The molecule has 0 amide bonds. The molecule has 1 saturated heterocycles. The van der Waals surface area contributed by atoms with Crippen LogP contribution < -0.4 is 10.2 Å². The molecule has 0 aliphatic carbocycles. The maximum atomic E-state index is 5.88. The van der Waals surface area contributed by atoms with Crippen LogP contribution in [0.4, 0.5) is 5.69 Å². The summed E-state index contributed by atoms with van der Waals surface area (Å²) in [7, 11) is 0. The summed E-state index contributed by atoms with van der Waals surface area (Å²) in [4.78, 5) is 6.89. The number of nitrogens with zero attached hydrogens (tertiary/aromatic N) is 3. The highest BCUT2D eigenvalue weighted by Crippen LogP contribution is 2.42. The van der Waals surface area contributed by atoms with E-state index in [-0.39, 0.29) is 12.1 Å². The molecule has 32 heavy (non-hydrogen) atoms. The number of nitrogens with one attached hydrogen (secondary N) is 1. The first-order valence-corrected chi connectivity index (χ1v) is 11.7. The van der Waals surface area contributed by atoms with E-state index < -0.39 is 0 Å². The van der Waals surface area contributed by atoms with Crippen molar-refractivity contribution in [3.63, 3.8) is 0 Å². The third-order valence-corrected chi connectivity index (χ3v) is 6.90. The van der Waals surface area contributed by atoms with Crippen molar-refractivity contribution in [3.8, 4) is 5.69 Å². The van der Waals surface area contributed by atoms with Gasteiger partial charge in [0.25, 0.3) is 0 Å². The minimum Gasteiger partial charge on any atom is -0.351 e. The summed E-state index contributed by atoms with van der Waals surface area (Å²) >= 11 is 9.42. The molecule has 1 fully saturated rings. The monoisotopic (exact) mass is 502 g/mol. The summed E-state index contributed by atoms with van der Waals surface area (Å²) in [6, 6.07) is 25.0. The Kier molecular flexibility index (Phi) is 5.57. The maximum Gasteiger partial charge on any atom is 0.174 e. The van der Waals surface area contributed by atoms with E-state index in [1.165, 1.54) is 11.1 Å². The second-order valence-electron chi connectivity index (χ2n) is 8.04. The summed E-state index contributed by atoms with van der Waals surface area (Å²) in [5, 5.41) is 4.26. The van der Waals surface area contributed by atoms with Gasteiger partial charge in [0.15, 0.2) is 5.11 Å². The van der Waals surface area contributed by atoms with Gasteiger partial charge in [-0.1, -0.05) is 28.1 Å². The molecule has 2 aromatic carbocycles. The van der Waals surface area contributed by atoms with Gasteiger partial charge in [-0.25, -0.2) is 0 Å². The first-order valence-electron chi connectivity index (χ1n) is 10.5. The number of anilines is 1. The molecule has 2 atom stereocenters. The molecule has 0 bridgehead atoms. The Labute approximate surface area is 202 Å². The van der Waals surface area contributed by atoms with Crippen molar-refractivity contribution in [2.75, 3.05) is 4.90 Å². The number of rotatable bonds is 4. The van der Waals surface area contributed by atoms with Crippen molar-refractivity contribution >= 4 is 38.9 Å². The van der Waals surface area contributed by atoms with Gasteiger partial charge in [-0.05, 0) is 97.9 Å². The van der Waals surface area contributed by atoms with Crippen LogP contribution in [0.3, 0.4) is 0 Å². The first-order chi connectivity index (χ1) is 15.5. The molecular formula is C26H23BrN4S. The zero-order chi connectivity index (χ0) is 22.2. The maximum absolute atomic E-state index is 5.88. The third-order valence-electron chi connectivity index (χ3n) is 6.05. The summed E-state index contributed by atoms with van der Waals surface area (Å²) in [6.45, 7) is 4.27. The van der Waals surface area contributed by atoms with Crippen molar-refractivity contribution in [2.45, 2.75) is 25.9 Å². The van der Waals surface area contributed by atoms with Crippen LogP contribution in [-0.4, -0.2) is 14.7 Å². The molecule has 2 aromatic heterocycles. The van der Waals surface area contributed by atoms with Gasteiger partial charge < -0.3 is 14.8 Å². The molecule has 1 aliphatic heterocycles. The van der Waals surface area contributed by atoms with Crippen LogP contribution in [0.2, 0.25) is 0 Å². The van der Waals surface area contributed by atoms with E-state index in [0.29, 0.717) is 5.11 Å². The van der Waals surface area contributed by atoms with Crippen LogP contribution >= 0.6 is 28.1 Å². The van der Waals surface area contributed by atoms with E-state index in [1.54, 1.807) is 0 Å². The van der Waals surface area contributed by atoms with Crippen molar-refractivity contribution in [2.24, 2.45) is 0 Å². The van der Waals surface area contributed by atoms with Crippen LogP contribution in [0.1, 0.15) is 34.6 Å². The average Bonchev–Trinajstić information content (AvgIpc) is 3.41. The lowest BCUT2D eigenvalue weighted by Crippen LogP contribution is -2.30. The number of benzene rings is 2. The van der Waals surface area contributed by atoms with E-state index in [4.69, 9.17) is 12.2 Å². The average molecular weight is 503 g/mol. The van der Waals surface area contributed by atoms with E-state index >= 15 is 0 Å². The standard InChI is InChI=1S/C26H23BrN4S/c1-17-8-11-21(16-18(17)2)31-25(24(29-26(31)32)22-6-3-4-14-28-22)23-7-5-15-30(23)20-12-9-19(27)10-13-20/h3-16,24-25H,1-2H3,(H,29,32)/t24-,25+/m0/s1. The molecule has 0 radical (unpaired) electrons. The second kappa shape index (κ2) is 8.52. The number of hydrogen-bond acceptors (Lipinski definition) is 2. The van der Waals surface area contributed by atoms with Crippen LogP contribution in [-0.2, 0) is 0 Å². The molecule has 0 spiro atoms. The van der Waals surface area contributed by atoms with Gasteiger partial charge >= 0.3 is 0 Å². The number of pyridine rings is 1. The third kappa shape index (κ3) is 3.74. The van der Waals surface area contributed by atoms with E-state index in [1.807, 2.05) is 18.3 Å². The molecule has 1 aliphatic rings. The van der Waals surface area contributed by atoms with Gasteiger partial charge in [-0.3, -0.25) is 4.98 Å². The Hall–Kier alpha value is -2.96. The van der Waals surface area contributed by atoms with Gasteiger partial charge in [0.1, 0.15) is 6.04 Å². The van der Waals surface area contributed by atoms with E-state index in [2.05, 4.69) is 116 Å². The molecule has 3 heterocycles. The quantitative estimate of drug-likeness (QED) is 0.326. The molecule has 4 nitrogen and oxygen atoms in total. The van der Waals surface area contributed by atoms with Crippen molar-refractivity contribution < 1.29 is 0 Å². The highest BCUT2D eigenvalue weighted by atomic mass is 79.9. The second-order valence-corrected chi connectivity index (χ2v) is 9.35. The van der Waals surface area contributed by atoms with Gasteiger partial charge in [0.2, 0.25) is 0 Å². The number of halogens is 1. The van der Waals surface area contributed by atoms with Crippen LogP contribution in [0.15, 0.2) is 89.7 Å². The topological polar surface area (TPSA) is 33.1 Å². The van der Waals surface area contributed by atoms with Crippen molar-refractivity contribution in [1.82, 2.24) is 14.9 Å². The van der Waals surface area contributed by atoms with E-state index in [0.717, 1.165) is 27.2 Å². The highest BCUT2D eigenvalue weighted by molar-refractivity contribution is 9.10. The molecule has 0 unspecified atom stereocenters. The fourth-order valence-corrected chi connectivity index (χ4v) is 4.89. The minimum absolute atomic E-state index is 0.0573. The predicted octanol–water partition coefficient (Wildman–Crippen LogP) is 6.43. The summed E-state index contributed by atoms with van der Waals surface area (Å²) < 4.78 is 3.29. The van der Waals surface area contributed by atoms with E-state index in [9.17, 15) is 0 Å². The zero-order valence-electron chi connectivity index (χ0n) is 17.9. The van der Waals surface area contributed by atoms with Gasteiger partial charge in [-0.2, -0.15) is 0 Å². The molecule has 6 heteroatoms. The SMILES string of the molecule is Cc1ccc(N2C(=S)N[C@@H](c3ccccn3)[C@H]2c2cccn2-c2ccc(Br)cc2)cc1C. The van der Waals surface area contributed by atoms with Crippen LogP contribution in [0.25, 0.3) is 5.69 Å². The van der Waals surface area contributed by atoms with Gasteiger partial charge in [-0.15, -0.1) is 0 Å². The number of thiocarbonyl (C=S) groups is 1. The first kappa shape index (κ1) is 20.9. The normalized spacial score (nSPS) is 18.1. The summed E-state index contributed by atoms with van der Waals surface area (Å²) in [5.74, 6) is 0. The lowest BCUT2D eigenvalue weighted by Gasteiger charge is -2.29.